The smallest absolute Gasteiger partial charge is 0.417 e. The maximum Gasteiger partial charge on any atom is 0.417 e. The summed E-state index contributed by atoms with van der Waals surface area (Å²) in [5.41, 5.74) is 1.68. The molecule has 0 atom stereocenters. The number of halogens is 3. The number of benzene rings is 1. The standard InChI is InChI=1S/C20H20F3NO.CH4O/c1-14-5-7-15(8-6-14)11-16-3-2-4-18(12-16)25-19-10-9-17(13-24-19)20(21,22)23;1-2/h2-4,9-14H,5-8H2,1H3;2H,1H3. The third kappa shape index (κ3) is 6.40. The van der Waals surface area contributed by atoms with Crippen molar-refractivity contribution in [3.8, 4) is 11.6 Å². The molecule has 27 heavy (non-hydrogen) atoms. The van der Waals surface area contributed by atoms with Gasteiger partial charge in [-0.05, 0) is 55.4 Å². The number of ether oxygens (including phenoxy) is 1. The molecule has 3 nitrogen and oxygen atoms in total. The van der Waals surface area contributed by atoms with Crippen LogP contribution in [0.1, 0.15) is 43.7 Å². The van der Waals surface area contributed by atoms with Gasteiger partial charge in [0.25, 0.3) is 0 Å². The average Bonchev–Trinajstić information content (AvgIpc) is 2.65. The maximum atomic E-state index is 12.6. The summed E-state index contributed by atoms with van der Waals surface area (Å²) in [7, 11) is 1.00. The number of hydrogen-bond acceptors (Lipinski definition) is 3. The first-order valence-electron chi connectivity index (χ1n) is 8.85. The van der Waals surface area contributed by atoms with Gasteiger partial charge in [-0.25, -0.2) is 4.98 Å². The molecule has 0 saturated heterocycles. The van der Waals surface area contributed by atoms with Crippen molar-refractivity contribution in [3.63, 3.8) is 0 Å². The highest BCUT2D eigenvalue weighted by atomic mass is 19.4. The van der Waals surface area contributed by atoms with Gasteiger partial charge in [0, 0.05) is 19.4 Å². The molecule has 0 bridgehead atoms. The van der Waals surface area contributed by atoms with Crippen LogP contribution in [0.3, 0.4) is 0 Å². The zero-order valence-electron chi connectivity index (χ0n) is 15.5. The summed E-state index contributed by atoms with van der Waals surface area (Å²) in [6.45, 7) is 2.28. The number of aliphatic hydroxyl groups is 1. The fourth-order valence-electron chi connectivity index (χ4n) is 2.91. The van der Waals surface area contributed by atoms with Crippen molar-refractivity contribution in [2.75, 3.05) is 7.11 Å². The van der Waals surface area contributed by atoms with Crippen molar-refractivity contribution in [1.29, 1.82) is 0 Å². The van der Waals surface area contributed by atoms with E-state index in [2.05, 4.69) is 18.0 Å². The highest BCUT2D eigenvalue weighted by Crippen LogP contribution is 2.31. The minimum atomic E-state index is -4.39. The molecular formula is C21H24F3NO2. The molecule has 1 N–H and O–H groups in total. The summed E-state index contributed by atoms with van der Waals surface area (Å²) in [5, 5.41) is 7.00. The predicted molar refractivity (Wildman–Crippen MR) is 99.5 cm³/mol. The fourth-order valence-corrected chi connectivity index (χ4v) is 2.91. The molecule has 1 aromatic carbocycles. The minimum Gasteiger partial charge on any atom is -0.439 e. The molecule has 1 aliphatic rings. The SMILES string of the molecule is CC1CCC(=Cc2cccc(Oc3ccc(C(F)(F)F)cn3)c2)CC1.CO. The lowest BCUT2D eigenvalue weighted by atomic mass is 9.86. The van der Waals surface area contributed by atoms with Crippen LogP contribution in [0.15, 0.2) is 48.2 Å². The average molecular weight is 379 g/mol. The van der Waals surface area contributed by atoms with Crippen LogP contribution in [0.2, 0.25) is 0 Å². The Kier molecular flexibility index (Phi) is 7.42. The monoisotopic (exact) mass is 379 g/mol. The Morgan fingerprint density at radius 2 is 1.81 bits per heavy atom. The van der Waals surface area contributed by atoms with Gasteiger partial charge < -0.3 is 9.84 Å². The van der Waals surface area contributed by atoms with E-state index in [1.165, 1.54) is 24.5 Å². The summed E-state index contributed by atoms with van der Waals surface area (Å²) >= 11 is 0. The lowest BCUT2D eigenvalue weighted by molar-refractivity contribution is -0.137. The number of aliphatic hydroxyl groups excluding tert-OH is 1. The van der Waals surface area contributed by atoms with Crippen LogP contribution in [0, 0.1) is 5.92 Å². The molecule has 2 aromatic rings. The second-order valence-electron chi connectivity index (χ2n) is 6.54. The molecule has 1 saturated carbocycles. The van der Waals surface area contributed by atoms with Crippen molar-refractivity contribution < 1.29 is 23.0 Å². The van der Waals surface area contributed by atoms with Crippen molar-refractivity contribution in [2.45, 2.75) is 38.8 Å². The molecule has 1 fully saturated rings. The lowest BCUT2D eigenvalue weighted by Crippen LogP contribution is -2.05. The van der Waals surface area contributed by atoms with Crippen LogP contribution in [0.25, 0.3) is 6.08 Å². The van der Waals surface area contributed by atoms with Crippen molar-refractivity contribution in [1.82, 2.24) is 4.98 Å². The third-order valence-electron chi connectivity index (χ3n) is 4.43. The largest absolute Gasteiger partial charge is 0.439 e. The van der Waals surface area contributed by atoms with E-state index in [1.807, 2.05) is 18.2 Å². The molecule has 146 valence electrons. The normalized spacial score (nSPS) is 17.0. The van der Waals surface area contributed by atoms with Crippen LogP contribution in [-0.4, -0.2) is 17.2 Å². The van der Waals surface area contributed by atoms with Crippen molar-refractivity contribution in [3.05, 3.63) is 59.3 Å². The molecule has 1 aliphatic carbocycles. The molecular weight excluding hydrogens is 355 g/mol. The first-order valence-corrected chi connectivity index (χ1v) is 8.85. The summed E-state index contributed by atoms with van der Waals surface area (Å²) in [4.78, 5) is 3.74. The number of hydrogen-bond donors (Lipinski definition) is 1. The van der Waals surface area contributed by atoms with E-state index in [0.29, 0.717) is 5.75 Å². The number of pyridine rings is 1. The number of aromatic nitrogens is 1. The topological polar surface area (TPSA) is 42.4 Å². The zero-order chi connectivity index (χ0) is 19.9. The maximum absolute atomic E-state index is 12.6. The molecule has 3 rings (SSSR count). The van der Waals surface area contributed by atoms with Crippen LogP contribution >= 0.6 is 0 Å². The van der Waals surface area contributed by atoms with Crippen LogP contribution in [0.5, 0.6) is 11.6 Å². The Morgan fingerprint density at radius 3 is 2.41 bits per heavy atom. The van der Waals surface area contributed by atoms with E-state index in [1.54, 1.807) is 6.07 Å². The van der Waals surface area contributed by atoms with E-state index >= 15 is 0 Å². The molecule has 0 amide bonds. The van der Waals surface area contributed by atoms with Gasteiger partial charge in [0.05, 0.1) is 5.56 Å². The molecule has 1 heterocycles. The van der Waals surface area contributed by atoms with Gasteiger partial charge in [0.15, 0.2) is 0 Å². The molecule has 0 spiro atoms. The number of rotatable bonds is 3. The first-order chi connectivity index (χ1) is 12.9. The van der Waals surface area contributed by atoms with Gasteiger partial charge in [-0.1, -0.05) is 30.7 Å². The van der Waals surface area contributed by atoms with Crippen LogP contribution in [-0.2, 0) is 6.18 Å². The second kappa shape index (κ2) is 9.55. The first kappa shape index (κ1) is 21.0. The quantitative estimate of drug-likeness (QED) is 0.701. The zero-order valence-corrected chi connectivity index (χ0v) is 15.5. The Bertz CT molecular complexity index is 745. The fraction of sp³-hybridized carbons (Fsp3) is 0.381. The van der Waals surface area contributed by atoms with E-state index < -0.39 is 11.7 Å². The Balaban J connectivity index is 0.00000126. The Hall–Kier alpha value is -2.34. The van der Waals surface area contributed by atoms with Gasteiger partial charge in [-0.3, -0.25) is 0 Å². The molecule has 1 aromatic heterocycles. The van der Waals surface area contributed by atoms with Gasteiger partial charge in [0.1, 0.15) is 5.75 Å². The summed E-state index contributed by atoms with van der Waals surface area (Å²) < 4.78 is 43.3. The molecule has 0 unspecified atom stereocenters. The third-order valence-corrected chi connectivity index (χ3v) is 4.43. The Morgan fingerprint density at radius 1 is 1.11 bits per heavy atom. The molecule has 0 aliphatic heterocycles. The summed E-state index contributed by atoms with van der Waals surface area (Å²) in [6.07, 6.45) is 3.24. The van der Waals surface area contributed by atoms with Gasteiger partial charge in [0.2, 0.25) is 5.88 Å². The predicted octanol–water partition coefficient (Wildman–Crippen LogP) is 6.09. The number of alkyl halides is 3. The van der Waals surface area contributed by atoms with E-state index in [0.717, 1.165) is 43.7 Å². The van der Waals surface area contributed by atoms with Crippen LogP contribution in [0.4, 0.5) is 13.2 Å². The Labute approximate surface area is 157 Å². The highest BCUT2D eigenvalue weighted by Gasteiger charge is 2.30. The summed E-state index contributed by atoms with van der Waals surface area (Å²) in [5.74, 6) is 1.49. The van der Waals surface area contributed by atoms with Crippen LogP contribution < -0.4 is 4.74 Å². The number of allylic oxidation sites excluding steroid dienone is 1. The van der Waals surface area contributed by atoms with Crippen molar-refractivity contribution >= 4 is 6.08 Å². The van der Waals surface area contributed by atoms with Gasteiger partial charge in [-0.2, -0.15) is 13.2 Å². The van der Waals surface area contributed by atoms with E-state index in [9.17, 15) is 13.2 Å². The molecule has 6 heteroatoms. The molecule has 0 radical (unpaired) electrons. The van der Waals surface area contributed by atoms with E-state index in [-0.39, 0.29) is 5.88 Å². The van der Waals surface area contributed by atoms with Crippen molar-refractivity contribution in [2.24, 2.45) is 5.92 Å². The number of nitrogens with zero attached hydrogens (tertiary/aromatic N) is 1. The van der Waals surface area contributed by atoms with Gasteiger partial charge >= 0.3 is 6.18 Å². The highest BCUT2D eigenvalue weighted by molar-refractivity contribution is 5.55. The summed E-state index contributed by atoms with van der Waals surface area (Å²) in [6, 6.07) is 9.72. The second-order valence-corrected chi connectivity index (χ2v) is 6.54. The minimum absolute atomic E-state index is 0.143. The van der Waals surface area contributed by atoms with E-state index in [4.69, 9.17) is 9.84 Å². The lowest BCUT2D eigenvalue weighted by Gasteiger charge is -2.20. The van der Waals surface area contributed by atoms with Gasteiger partial charge in [-0.15, -0.1) is 0 Å².